The minimum atomic E-state index is 0.646. The topological polar surface area (TPSA) is 30.7 Å². The molecule has 28 heavy (non-hydrogen) atoms. The van der Waals surface area contributed by atoms with Crippen molar-refractivity contribution in [1.82, 2.24) is 14.8 Å². The fraction of sp³-hybridized carbons (Fsp3) is 0.0435. The molecule has 0 saturated carbocycles. The molecular weight excluding hydrogens is 389 g/mol. The highest BCUT2D eigenvalue weighted by molar-refractivity contribution is 6.32. The van der Waals surface area contributed by atoms with E-state index in [0.717, 1.165) is 38.8 Å². The lowest BCUT2D eigenvalue weighted by molar-refractivity contribution is 0.918. The Morgan fingerprint density at radius 1 is 0.857 bits per heavy atom. The van der Waals surface area contributed by atoms with Gasteiger partial charge in [0, 0.05) is 27.6 Å². The standard InChI is InChI=1S/C23H15Cl2N3/c1-14-6-11-20-17(12-14)23-18(13-26-20)22(15-7-9-16(24)10-8-15)27-28(23)21-5-3-2-4-19(21)25/h2-13H,1H3. The van der Waals surface area contributed by atoms with E-state index in [1.54, 1.807) is 0 Å². The fourth-order valence-corrected chi connectivity index (χ4v) is 3.86. The Kier molecular flexibility index (Phi) is 4.08. The first-order chi connectivity index (χ1) is 13.6. The molecule has 3 nitrogen and oxygen atoms in total. The number of hydrogen-bond acceptors (Lipinski definition) is 2. The number of rotatable bonds is 2. The van der Waals surface area contributed by atoms with Crippen LogP contribution in [0.4, 0.5) is 0 Å². The summed E-state index contributed by atoms with van der Waals surface area (Å²) in [4.78, 5) is 4.67. The molecule has 0 aliphatic carbocycles. The number of para-hydroxylation sites is 1. The lowest BCUT2D eigenvalue weighted by atomic mass is 10.1. The van der Waals surface area contributed by atoms with Crippen LogP contribution in [0, 0.1) is 6.92 Å². The van der Waals surface area contributed by atoms with E-state index in [-0.39, 0.29) is 0 Å². The highest BCUT2D eigenvalue weighted by atomic mass is 35.5. The van der Waals surface area contributed by atoms with Crippen LogP contribution in [0.1, 0.15) is 5.56 Å². The second-order valence-corrected chi connectivity index (χ2v) is 7.60. The maximum absolute atomic E-state index is 6.52. The van der Waals surface area contributed by atoms with Crippen LogP contribution in [0.2, 0.25) is 10.0 Å². The highest BCUT2D eigenvalue weighted by Gasteiger charge is 2.18. The predicted octanol–water partition coefficient (Wildman–Crippen LogP) is 6.86. The lowest BCUT2D eigenvalue weighted by Gasteiger charge is -2.08. The Labute approximate surface area is 172 Å². The zero-order chi connectivity index (χ0) is 19.3. The average molecular weight is 404 g/mol. The zero-order valence-corrected chi connectivity index (χ0v) is 16.5. The van der Waals surface area contributed by atoms with Gasteiger partial charge in [-0.3, -0.25) is 4.98 Å². The van der Waals surface area contributed by atoms with E-state index < -0.39 is 0 Å². The normalized spacial score (nSPS) is 11.4. The third kappa shape index (κ3) is 2.75. The van der Waals surface area contributed by atoms with Crippen molar-refractivity contribution in [2.45, 2.75) is 6.92 Å². The Balaban J connectivity index is 1.93. The van der Waals surface area contributed by atoms with Gasteiger partial charge >= 0.3 is 0 Å². The smallest absolute Gasteiger partial charge is 0.102 e. The van der Waals surface area contributed by atoms with Gasteiger partial charge in [-0.05, 0) is 43.3 Å². The van der Waals surface area contributed by atoms with Crippen LogP contribution in [0.5, 0.6) is 0 Å². The van der Waals surface area contributed by atoms with Crippen molar-refractivity contribution >= 4 is 45.0 Å². The molecule has 0 aliphatic heterocycles. The SMILES string of the molecule is Cc1ccc2ncc3c(-c4ccc(Cl)cc4)nn(-c4ccccc4Cl)c3c2c1. The van der Waals surface area contributed by atoms with Gasteiger partial charge in [0.15, 0.2) is 0 Å². The van der Waals surface area contributed by atoms with Gasteiger partial charge in [0.1, 0.15) is 5.69 Å². The summed E-state index contributed by atoms with van der Waals surface area (Å²) in [6.07, 6.45) is 1.89. The van der Waals surface area contributed by atoms with Crippen molar-refractivity contribution in [2.75, 3.05) is 0 Å². The molecule has 0 atom stereocenters. The van der Waals surface area contributed by atoms with E-state index >= 15 is 0 Å². The first-order valence-electron chi connectivity index (χ1n) is 8.91. The lowest BCUT2D eigenvalue weighted by Crippen LogP contribution is -1.98. The van der Waals surface area contributed by atoms with Gasteiger partial charge in [-0.1, -0.05) is 59.1 Å². The van der Waals surface area contributed by atoms with Crippen molar-refractivity contribution in [1.29, 1.82) is 0 Å². The van der Waals surface area contributed by atoms with Crippen molar-refractivity contribution in [3.8, 4) is 16.9 Å². The van der Waals surface area contributed by atoms with E-state index in [0.29, 0.717) is 10.0 Å². The van der Waals surface area contributed by atoms with Crippen LogP contribution in [0.3, 0.4) is 0 Å². The molecule has 0 spiro atoms. The van der Waals surface area contributed by atoms with Crippen LogP contribution < -0.4 is 0 Å². The third-order valence-electron chi connectivity index (χ3n) is 4.86. The quantitative estimate of drug-likeness (QED) is 0.322. The molecule has 3 aromatic carbocycles. The van der Waals surface area contributed by atoms with Gasteiger partial charge in [-0.25, -0.2) is 4.68 Å². The Morgan fingerprint density at radius 3 is 2.43 bits per heavy atom. The van der Waals surface area contributed by atoms with Crippen LogP contribution >= 0.6 is 23.2 Å². The van der Waals surface area contributed by atoms with E-state index in [4.69, 9.17) is 28.3 Å². The van der Waals surface area contributed by atoms with Crippen molar-refractivity contribution in [2.24, 2.45) is 0 Å². The molecule has 0 aliphatic rings. The number of aromatic nitrogens is 3. The molecule has 5 rings (SSSR count). The van der Waals surface area contributed by atoms with Gasteiger partial charge in [0.25, 0.3) is 0 Å². The molecule has 5 aromatic rings. The number of aryl methyl sites for hydroxylation is 1. The van der Waals surface area contributed by atoms with Crippen LogP contribution in [0.25, 0.3) is 38.8 Å². The van der Waals surface area contributed by atoms with Gasteiger partial charge in [-0.2, -0.15) is 5.10 Å². The predicted molar refractivity (Wildman–Crippen MR) is 117 cm³/mol. The largest absolute Gasteiger partial charge is 0.255 e. The van der Waals surface area contributed by atoms with Gasteiger partial charge in [0.05, 0.1) is 21.7 Å². The molecule has 0 bridgehead atoms. The van der Waals surface area contributed by atoms with E-state index in [1.165, 1.54) is 5.56 Å². The van der Waals surface area contributed by atoms with Crippen molar-refractivity contribution in [3.05, 3.63) is 88.5 Å². The summed E-state index contributed by atoms with van der Waals surface area (Å²) in [6.45, 7) is 2.08. The molecular formula is C23H15Cl2N3. The van der Waals surface area contributed by atoms with Crippen LogP contribution in [0.15, 0.2) is 72.9 Å². The number of pyridine rings is 1. The average Bonchev–Trinajstić information content (AvgIpc) is 3.09. The summed E-state index contributed by atoms with van der Waals surface area (Å²) < 4.78 is 1.92. The van der Waals surface area contributed by atoms with Gasteiger partial charge in [0.2, 0.25) is 0 Å². The summed E-state index contributed by atoms with van der Waals surface area (Å²) in [5.41, 5.74) is 5.75. The molecule has 0 unspecified atom stereocenters. The number of benzene rings is 3. The molecule has 0 fully saturated rings. The first-order valence-corrected chi connectivity index (χ1v) is 9.66. The maximum atomic E-state index is 6.52. The van der Waals surface area contributed by atoms with Gasteiger partial charge in [-0.15, -0.1) is 0 Å². The maximum Gasteiger partial charge on any atom is 0.102 e. The van der Waals surface area contributed by atoms with E-state index in [9.17, 15) is 0 Å². The summed E-state index contributed by atoms with van der Waals surface area (Å²) in [7, 11) is 0. The first kappa shape index (κ1) is 17.2. The van der Waals surface area contributed by atoms with Gasteiger partial charge < -0.3 is 0 Å². The number of fused-ring (bicyclic) bond motifs is 3. The Morgan fingerprint density at radius 2 is 1.64 bits per heavy atom. The molecule has 0 saturated heterocycles. The fourth-order valence-electron chi connectivity index (χ4n) is 3.52. The third-order valence-corrected chi connectivity index (χ3v) is 5.43. The van der Waals surface area contributed by atoms with Crippen molar-refractivity contribution < 1.29 is 0 Å². The second-order valence-electron chi connectivity index (χ2n) is 6.76. The molecule has 0 radical (unpaired) electrons. The minimum absolute atomic E-state index is 0.646. The zero-order valence-electron chi connectivity index (χ0n) is 15.0. The Hall–Kier alpha value is -2.88. The monoisotopic (exact) mass is 403 g/mol. The highest BCUT2D eigenvalue weighted by Crippen LogP contribution is 2.35. The molecule has 5 heteroatoms. The van der Waals surface area contributed by atoms with E-state index in [1.807, 2.05) is 65.5 Å². The Bertz CT molecular complexity index is 1340. The summed E-state index contributed by atoms with van der Waals surface area (Å²) in [5.74, 6) is 0. The molecule has 136 valence electrons. The molecule has 2 aromatic heterocycles. The molecule has 0 amide bonds. The molecule has 2 heterocycles. The number of halogens is 2. The second kappa shape index (κ2) is 6.62. The molecule has 0 N–H and O–H groups in total. The summed E-state index contributed by atoms with van der Waals surface area (Å²) >= 11 is 12.6. The number of nitrogens with zero attached hydrogens (tertiary/aromatic N) is 3. The van der Waals surface area contributed by atoms with Crippen LogP contribution in [-0.2, 0) is 0 Å². The summed E-state index contributed by atoms with van der Waals surface area (Å²) in [5, 5.41) is 8.31. The van der Waals surface area contributed by atoms with Crippen LogP contribution in [-0.4, -0.2) is 14.8 Å². The minimum Gasteiger partial charge on any atom is -0.255 e. The van der Waals surface area contributed by atoms with E-state index in [2.05, 4.69) is 24.0 Å². The number of hydrogen-bond donors (Lipinski definition) is 0. The van der Waals surface area contributed by atoms with Crippen molar-refractivity contribution in [3.63, 3.8) is 0 Å². The summed E-state index contributed by atoms with van der Waals surface area (Å²) in [6, 6.07) is 21.7.